The lowest BCUT2D eigenvalue weighted by Crippen LogP contribution is -2.38. The Balaban J connectivity index is 0.00000261. The Morgan fingerprint density at radius 1 is 1.22 bits per heavy atom. The molecule has 0 saturated heterocycles. The first-order chi connectivity index (χ1) is 12.7. The van der Waals surface area contributed by atoms with Crippen molar-refractivity contribution in [2.75, 3.05) is 13.6 Å². The molecule has 1 aliphatic rings. The molecule has 0 radical (unpaired) electrons. The molecule has 3 rings (SSSR count). The third-order valence-electron chi connectivity index (χ3n) is 4.82. The number of nitrogens with one attached hydrogen (secondary N) is 2. The number of hydrogen-bond donors (Lipinski definition) is 2. The van der Waals surface area contributed by atoms with Crippen LogP contribution in [0.1, 0.15) is 42.0 Å². The lowest BCUT2D eigenvalue weighted by molar-refractivity contribution is 0.596. The average Bonchev–Trinajstić information content (AvgIpc) is 2.86. The zero-order valence-corrected chi connectivity index (χ0v) is 18.3. The zero-order chi connectivity index (χ0) is 18.4. The number of aliphatic imine (C=N–C) groups is 1. The van der Waals surface area contributed by atoms with Crippen molar-refractivity contribution in [2.45, 2.75) is 52.1 Å². The smallest absolute Gasteiger partial charge is 0.191 e. The second-order valence-electron chi connectivity index (χ2n) is 6.67. The molecule has 2 N–H and O–H groups in total. The van der Waals surface area contributed by atoms with E-state index in [0.29, 0.717) is 6.54 Å². The van der Waals surface area contributed by atoms with Crippen molar-refractivity contribution in [1.82, 2.24) is 25.4 Å². The van der Waals surface area contributed by atoms with Crippen LogP contribution in [0.2, 0.25) is 0 Å². The van der Waals surface area contributed by atoms with Crippen molar-refractivity contribution in [3.63, 3.8) is 0 Å². The van der Waals surface area contributed by atoms with E-state index in [2.05, 4.69) is 30.4 Å². The summed E-state index contributed by atoms with van der Waals surface area (Å²) >= 11 is 0. The minimum absolute atomic E-state index is 0. The zero-order valence-electron chi connectivity index (χ0n) is 16.0. The van der Waals surface area contributed by atoms with Crippen LogP contribution in [-0.4, -0.2) is 34.3 Å². The molecule has 1 aromatic heterocycles. The Bertz CT molecular complexity index is 774. The van der Waals surface area contributed by atoms with Gasteiger partial charge in [0.1, 0.15) is 11.6 Å². The van der Waals surface area contributed by atoms with Crippen molar-refractivity contribution in [3.8, 4) is 0 Å². The quantitative estimate of drug-likeness (QED) is 0.388. The number of rotatable bonds is 5. The van der Waals surface area contributed by atoms with E-state index in [4.69, 9.17) is 0 Å². The fourth-order valence-corrected chi connectivity index (χ4v) is 3.31. The SMILES string of the molecule is CN=C(NCCc1ccc(F)cc1C)NCc1nnc2n1CCCCC2.I. The Kier molecular flexibility index (Phi) is 8.46. The fraction of sp³-hybridized carbons (Fsp3) is 0.526. The third kappa shape index (κ3) is 5.88. The lowest BCUT2D eigenvalue weighted by Gasteiger charge is -2.13. The van der Waals surface area contributed by atoms with E-state index < -0.39 is 0 Å². The average molecular weight is 486 g/mol. The number of aromatic nitrogens is 3. The molecule has 0 unspecified atom stereocenters. The Labute approximate surface area is 177 Å². The van der Waals surface area contributed by atoms with Gasteiger partial charge in [-0.25, -0.2) is 4.39 Å². The highest BCUT2D eigenvalue weighted by Gasteiger charge is 2.14. The molecule has 1 aromatic carbocycles. The molecule has 2 aromatic rings. The summed E-state index contributed by atoms with van der Waals surface area (Å²) in [6.07, 6.45) is 5.45. The Morgan fingerprint density at radius 3 is 2.85 bits per heavy atom. The second kappa shape index (κ2) is 10.6. The second-order valence-corrected chi connectivity index (χ2v) is 6.67. The largest absolute Gasteiger partial charge is 0.356 e. The van der Waals surface area contributed by atoms with Gasteiger partial charge in [-0.2, -0.15) is 0 Å². The highest BCUT2D eigenvalue weighted by atomic mass is 127. The first kappa shape index (κ1) is 21.6. The van der Waals surface area contributed by atoms with Crippen molar-refractivity contribution in [2.24, 2.45) is 4.99 Å². The molecule has 0 fully saturated rings. The number of benzene rings is 1. The fourth-order valence-electron chi connectivity index (χ4n) is 3.31. The van der Waals surface area contributed by atoms with E-state index in [9.17, 15) is 4.39 Å². The van der Waals surface area contributed by atoms with Gasteiger partial charge in [-0.15, -0.1) is 34.2 Å². The van der Waals surface area contributed by atoms with Crippen molar-refractivity contribution in [1.29, 1.82) is 0 Å². The van der Waals surface area contributed by atoms with Crippen LogP contribution >= 0.6 is 24.0 Å². The molecule has 0 bridgehead atoms. The summed E-state index contributed by atoms with van der Waals surface area (Å²) in [6, 6.07) is 4.92. The normalized spacial score (nSPS) is 14.1. The molecule has 148 valence electrons. The van der Waals surface area contributed by atoms with Gasteiger partial charge in [0.15, 0.2) is 11.8 Å². The van der Waals surface area contributed by atoms with Gasteiger partial charge < -0.3 is 15.2 Å². The number of halogens is 2. The summed E-state index contributed by atoms with van der Waals surface area (Å²) in [5.41, 5.74) is 2.11. The minimum Gasteiger partial charge on any atom is -0.356 e. The Morgan fingerprint density at radius 2 is 2.07 bits per heavy atom. The molecule has 0 atom stereocenters. The summed E-state index contributed by atoms with van der Waals surface area (Å²) in [6.45, 7) is 4.25. The minimum atomic E-state index is -0.191. The molecule has 0 amide bonds. The first-order valence-corrected chi connectivity index (χ1v) is 9.28. The highest BCUT2D eigenvalue weighted by molar-refractivity contribution is 14.0. The lowest BCUT2D eigenvalue weighted by atomic mass is 10.1. The molecule has 27 heavy (non-hydrogen) atoms. The van der Waals surface area contributed by atoms with Crippen LogP contribution in [0, 0.1) is 12.7 Å². The van der Waals surface area contributed by atoms with Crippen LogP contribution in [0.5, 0.6) is 0 Å². The maximum absolute atomic E-state index is 13.2. The van der Waals surface area contributed by atoms with E-state index >= 15 is 0 Å². The summed E-state index contributed by atoms with van der Waals surface area (Å²) in [7, 11) is 1.75. The van der Waals surface area contributed by atoms with Crippen LogP contribution in [0.25, 0.3) is 0 Å². The van der Waals surface area contributed by atoms with E-state index in [-0.39, 0.29) is 29.8 Å². The van der Waals surface area contributed by atoms with Crippen molar-refractivity contribution < 1.29 is 4.39 Å². The molecule has 0 aliphatic carbocycles. The van der Waals surface area contributed by atoms with E-state index in [1.165, 1.54) is 25.3 Å². The number of fused-ring (bicyclic) bond motifs is 1. The van der Waals surface area contributed by atoms with Crippen LogP contribution in [-0.2, 0) is 25.9 Å². The van der Waals surface area contributed by atoms with Gasteiger partial charge in [0, 0.05) is 26.6 Å². The number of aryl methyl sites for hydroxylation is 2. The monoisotopic (exact) mass is 486 g/mol. The van der Waals surface area contributed by atoms with Gasteiger partial charge in [0.25, 0.3) is 0 Å². The van der Waals surface area contributed by atoms with Gasteiger partial charge in [0.2, 0.25) is 0 Å². The maximum Gasteiger partial charge on any atom is 0.191 e. The molecule has 0 spiro atoms. The van der Waals surface area contributed by atoms with Gasteiger partial charge in [0.05, 0.1) is 6.54 Å². The van der Waals surface area contributed by atoms with Gasteiger partial charge >= 0.3 is 0 Å². The predicted molar refractivity (Wildman–Crippen MR) is 116 cm³/mol. The molecular weight excluding hydrogens is 458 g/mol. The van der Waals surface area contributed by atoms with E-state index in [0.717, 1.165) is 54.7 Å². The van der Waals surface area contributed by atoms with Gasteiger partial charge in [-0.3, -0.25) is 4.99 Å². The topological polar surface area (TPSA) is 67.1 Å². The van der Waals surface area contributed by atoms with Gasteiger partial charge in [-0.1, -0.05) is 12.5 Å². The van der Waals surface area contributed by atoms with E-state index in [1.54, 1.807) is 13.1 Å². The molecule has 6 nitrogen and oxygen atoms in total. The highest BCUT2D eigenvalue weighted by Crippen LogP contribution is 2.14. The van der Waals surface area contributed by atoms with Crippen molar-refractivity contribution in [3.05, 3.63) is 46.8 Å². The summed E-state index contributed by atoms with van der Waals surface area (Å²) in [5.74, 6) is 2.59. The van der Waals surface area contributed by atoms with Crippen LogP contribution < -0.4 is 10.6 Å². The molecule has 2 heterocycles. The molecule has 0 saturated carbocycles. The summed E-state index contributed by atoms with van der Waals surface area (Å²) in [4.78, 5) is 4.26. The number of hydrogen-bond acceptors (Lipinski definition) is 3. The standard InChI is InChI=1S/C19H27FN6.HI/c1-14-12-16(20)8-7-15(14)9-10-22-19(21-2)23-13-18-25-24-17-6-4-3-5-11-26(17)18;/h7-8,12H,3-6,9-11,13H2,1-2H3,(H2,21,22,23);1H. The van der Waals surface area contributed by atoms with Gasteiger partial charge in [-0.05, 0) is 49.4 Å². The molecule has 1 aliphatic heterocycles. The summed E-state index contributed by atoms with van der Waals surface area (Å²) < 4.78 is 15.4. The maximum atomic E-state index is 13.2. The van der Waals surface area contributed by atoms with Crippen LogP contribution in [0.3, 0.4) is 0 Å². The first-order valence-electron chi connectivity index (χ1n) is 9.28. The molecule has 8 heteroatoms. The predicted octanol–water partition coefficient (Wildman–Crippen LogP) is 2.98. The van der Waals surface area contributed by atoms with E-state index in [1.807, 2.05) is 13.0 Å². The summed E-state index contributed by atoms with van der Waals surface area (Å²) in [5, 5.41) is 15.3. The molecular formula is C19H28FIN6. The Hall–Kier alpha value is -1.71. The third-order valence-corrected chi connectivity index (χ3v) is 4.82. The van der Waals surface area contributed by atoms with Crippen LogP contribution in [0.15, 0.2) is 23.2 Å². The number of guanidine groups is 1. The number of nitrogens with zero attached hydrogens (tertiary/aromatic N) is 4. The van der Waals surface area contributed by atoms with Crippen LogP contribution in [0.4, 0.5) is 4.39 Å². The van der Waals surface area contributed by atoms with Crippen molar-refractivity contribution >= 4 is 29.9 Å².